The second-order valence-corrected chi connectivity index (χ2v) is 4.44. The Labute approximate surface area is 115 Å². The van der Waals surface area contributed by atoms with Crippen molar-refractivity contribution >= 4 is 0 Å². The van der Waals surface area contributed by atoms with Crippen molar-refractivity contribution in [2.75, 3.05) is 0 Å². The number of aromatic nitrogens is 1. The van der Waals surface area contributed by atoms with E-state index in [9.17, 15) is 8.78 Å². The van der Waals surface area contributed by atoms with E-state index in [1.54, 1.807) is 26.1 Å². The lowest BCUT2D eigenvalue weighted by atomic mass is 10.1. The van der Waals surface area contributed by atoms with Gasteiger partial charge in [-0.1, -0.05) is 0 Å². The fraction of sp³-hybridized carbons (Fsp3) is 0.286. The average molecular weight is 277 g/mol. The van der Waals surface area contributed by atoms with Crippen LogP contribution in [0.3, 0.4) is 0 Å². The summed E-state index contributed by atoms with van der Waals surface area (Å²) in [6, 6.07) is 3.45. The second kappa shape index (κ2) is 5.80. The van der Waals surface area contributed by atoms with E-state index in [1.165, 1.54) is 0 Å². The maximum atomic E-state index is 13.7. The van der Waals surface area contributed by atoms with Crippen molar-refractivity contribution in [1.82, 2.24) is 10.3 Å². The molecule has 0 spiro atoms. The van der Waals surface area contributed by atoms with Crippen LogP contribution in [0.4, 0.5) is 8.78 Å². The average Bonchev–Trinajstić information content (AvgIpc) is 2.84. The summed E-state index contributed by atoms with van der Waals surface area (Å²) in [7, 11) is 0. The summed E-state index contributed by atoms with van der Waals surface area (Å²) in [5, 5.41) is 11.6. The highest BCUT2D eigenvalue weighted by Crippen LogP contribution is 2.17. The molecule has 1 atom stereocenters. The number of nitrogens with zero attached hydrogens (tertiary/aromatic N) is 2. The Bertz CT molecular complexity index is 638. The zero-order valence-corrected chi connectivity index (χ0v) is 11.1. The van der Waals surface area contributed by atoms with E-state index in [4.69, 9.17) is 9.68 Å². The largest absolute Gasteiger partial charge is 0.444 e. The van der Waals surface area contributed by atoms with E-state index in [2.05, 4.69) is 10.3 Å². The van der Waals surface area contributed by atoms with Crippen LogP contribution in [0.15, 0.2) is 22.7 Å². The molecule has 0 saturated carbocycles. The van der Waals surface area contributed by atoms with Crippen LogP contribution in [0.1, 0.15) is 35.7 Å². The predicted molar refractivity (Wildman–Crippen MR) is 67.6 cm³/mol. The van der Waals surface area contributed by atoms with E-state index in [1.807, 2.05) is 0 Å². The molecular weight excluding hydrogens is 264 g/mol. The minimum absolute atomic E-state index is 0.0219. The van der Waals surface area contributed by atoms with Gasteiger partial charge in [0.2, 0.25) is 5.89 Å². The van der Waals surface area contributed by atoms with Crippen LogP contribution in [-0.4, -0.2) is 4.98 Å². The van der Waals surface area contributed by atoms with Crippen molar-refractivity contribution < 1.29 is 13.2 Å². The topological polar surface area (TPSA) is 61.9 Å². The van der Waals surface area contributed by atoms with Gasteiger partial charge in [-0.05, 0) is 26.0 Å². The van der Waals surface area contributed by atoms with Crippen LogP contribution in [0.25, 0.3) is 0 Å². The molecule has 20 heavy (non-hydrogen) atoms. The number of nitrogens with one attached hydrogen (secondary N) is 1. The number of benzene rings is 1. The Morgan fingerprint density at radius 3 is 2.55 bits per heavy atom. The minimum atomic E-state index is -0.746. The Morgan fingerprint density at radius 1 is 1.40 bits per heavy atom. The maximum absolute atomic E-state index is 13.7. The normalized spacial score (nSPS) is 12.2. The van der Waals surface area contributed by atoms with E-state index in [-0.39, 0.29) is 23.7 Å². The van der Waals surface area contributed by atoms with Gasteiger partial charge >= 0.3 is 0 Å². The summed E-state index contributed by atoms with van der Waals surface area (Å²) in [5.41, 5.74) is -0.153. The standard InChI is InChI=1S/C14H13F2N3O/c1-8-6-19-14(20-8)9(2)18-7-11-12(15)3-10(5-17)4-13(11)16/h3-4,6,9,18H,7H2,1-2H3. The van der Waals surface area contributed by atoms with Crippen molar-refractivity contribution in [3.8, 4) is 6.07 Å². The highest BCUT2D eigenvalue weighted by atomic mass is 19.1. The fourth-order valence-corrected chi connectivity index (χ4v) is 1.75. The van der Waals surface area contributed by atoms with Gasteiger partial charge in [-0.3, -0.25) is 0 Å². The number of halogens is 2. The molecule has 4 nitrogen and oxygen atoms in total. The molecule has 1 N–H and O–H groups in total. The van der Waals surface area contributed by atoms with Crippen LogP contribution in [0, 0.1) is 29.9 Å². The lowest BCUT2D eigenvalue weighted by molar-refractivity contribution is 0.397. The van der Waals surface area contributed by atoms with Crippen LogP contribution in [0.2, 0.25) is 0 Å². The first kappa shape index (κ1) is 14.2. The fourth-order valence-electron chi connectivity index (χ4n) is 1.75. The first-order valence-corrected chi connectivity index (χ1v) is 6.05. The molecule has 0 radical (unpaired) electrons. The van der Waals surface area contributed by atoms with Gasteiger partial charge in [-0.2, -0.15) is 5.26 Å². The molecule has 1 heterocycles. The lowest BCUT2D eigenvalue weighted by Crippen LogP contribution is -2.20. The van der Waals surface area contributed by atoms with E-state index in [0.717, 1.165) is 12.1 Å². The third kappa shape index (κ3) is 3.00. The zero-order chi connectivity index (χ0) is 14.7. The van der Waals surface area contributed by atoms with E-state index >= 15 is 0 Å². The summed E-state index contributed by atoms with van der Waals surface area (Å²) >= 11 is 0. The molecule has 1 aromatic heterocycles. The quantitative estimate of drug-likeness (QED) is 0.933. The van der Waals surface area contributed by atoms with Crippen LogP contribution < -0.4 is 5.32 Å². The Hall–Kier alpha value is -2.26. The number of rotatable bonds is 4. The van der Waals surface area contributed by atoms with Crippen molar-refractivity contribution in [3.05, 3.63) is 52.7 Å². The molecule has 0 fully saturated rings. The molecule has 0 aliphatic heterocycles. The highest BCUT2D eigenvalue weighted by Gasteiger charge is 2.15. The number of nitriles is 1. The molecular formula is C14H13F2N3O. The lowest BCUT2D eigenvalue weighted by Gasteiger charge is -2.11. The molecule has 1 unspecified atom stereocenters. The predicted octanol–water partition coefficient (Wildman–Crippen LogP) is 2.98. The van der Waals surface area contributed by atoms with E-state index in [0.29, 0.717) is 11.7 Å². The Morgan fingerprint density at radius 2 is 2.05 bits per heavy atom. The molecule has 6 heteroatoms. The molecule has 2 rings (SSSR count). The molecule has 0 amide bonds. The van der Waals surface area contributed by atoms with Gasteiger partial charge in [-0.15, -0.1) is 0 Å². The van der Waals surface area contributed by atoms with Gasteiger partial charge in [-0.25, -0.2) is 13.8 Å². The number of hydrogen-bond acceptors (Lipinski definition) is 4. The zero-order valence-electron chi connectivity index (χ0n) is 11.1. The van der Waals surface area contributed by atoms with Crippen molar-refractivity contribution in [3.63, 3.8) is 0 Å². The summed E-state index contributed by atoms with van der Waals surface area (Å²) in [6.45, 7) is 3.53. The summed E-state index contributed by atoms with van der Waals surface area (Å²) in [6.07, 6.45) is 1.58. The third-order valence-electron chi connectivity index (χ3n) is 2.86. The van der Waals surface area contributed by atoms with Crippen LogP contribution >= 0.6 is 0 Å². The molecule has 1 aromatic carbocycles. The SMILES string of the molecule is Cc1cnc(C(C)NCc2c(F)cc(C#N)cc2F)o1. The maximum Gasteiger partial charge on any atom is 0.211 e. The second-order valence-electron chi connectivity index (χ2n) is 4.44. The first-order chi connectivity index (χ1) is 9.51. The number of hydrogen-bond donors (Lipinski definition) is 1. The Kier molecular flexibility index (Phi) is 4.11. The summed E-state index contributed by atoms with van der Waals surface area (Å²) in [5.74, 6) is -0.365. The molecule has 2 aromatic rings. The smallest absolute Gasteiger partial charge is 0.211 e. The molecule has 0 saturated heterocycles. The molecule has 0 aliphatic carbocycles. The third-order valence-corrected chi connectivity index (χ3v) is 2.86. The van der Waals surface area contributed by atoms with Crippen molar-refractivity contribution in [1.29, 1.82) is 5.26 Å². The van der Waals surface area contributed by atoms with Gasteiger partial charge in [0.05, 0.1) is 23.9 Å². The van der Waals surface area contributed by atoms with Gasteiger partial charge in [0.15, 0.2) is 0 Å². The summed E-state index contributed by atoms with van der Waals surface area (Å²) < 4.78 is 32.7. The van der Waals surface area contributed by atoms with Crippen LogP contribution in [-0.2, 0) is 6.54 Å². The Balaban J connectivity index is 2.10. The van der Waals surface area contributed by atoms with Gasteiger partial charge in [0, 0.05) is 12.1 Å². The van der Waals surface area contributed by atoms with Gasteiger partial charge in [0.25, 0.3) is 0 Å². The van der Waals surface area contributed by atoms with Gasteiger partial charge in [0.1, 0.15) is 17.4 Å². The summed E-state index contributed by atoms with van der Waals surface area (Å²) in [4.78, 5) is 4.04. The van der Waals surface area contributed by atoms with Crippen molar-refractivity contribution in [2.24, 2.45) is 0 Å². The van der Waals surface area contributed by atoms with Crippen molar-refractivity contribution in [2.45, 2.75) is 26.4 Å². The molecule has 0 aliphatic rings. The number of aryl methyl sites for hydroxylation is 1. The van der Waals surface area contributed by atoms with Crippen LogP contribution in [0.5, 0.6) is 0 Å². The highest BCUT2D eigenvalue weighted by molar-refractivity contribution is 5.34. The molecule has 0 bridgehead atoms. The first-order valence-electron chi connectivity index (χ1n) is 6.05. The monoisotopic (exact) mass is 277 g/mol. The van der Waals surface area contributed by atoms with Gasteiger partial charge < -0.3 is 9.73 Å². The minimum Gasteiger partial charge on any atom is -0.444 e. The molecule has 104 valence electrons. The van der Waals surface area contributed by atoms with E-state index < -0.39 is 11.6 Å². The number of oxazole rings is 1.